The van der Waals surface area contributed by atoms with Crippen molar-refractivity contribution in [2.24, 2.45) is 5.92 Å². The highest BCUT2D eigenvalue weighted by atomic mass is 16.5. The van der Waals surface area contributed by atoms with Crippen LogP contribution in [0, 0.1) is 12.8 Å². The largest absolute Gasteiger partial charge is 0.381 e. The van der Waals surface area contributed by atoms with Gasteiger partial charge in [0.2, 0.25) is 0 Å². The van der Waals surface area contributed by atoms with Gasteiger partial charge in [-0.25, -0.2) is 9.97 Å². The highest BCUT2D eigenvalue weighted by Crippen LogP contribution is 2.16. The molecule has 0 aromatic carbocycles. The van der Waals surface area contributed by atoms with Crippen molar-refractivity contribution in [3.63, 3.8) is 0 Å². The van der Waals surface area contributed by atoms with Gasteiger partial charge >= 0.3 is 0 Å². The fourth-order valence-corrected chi connectivity index (χ4v) is 2.19. The number of aryl methyl sites for hydroxylation is 1. The molecule has 1 unspecified atom stereocenters. The summed E-state index contributed by atoms with van der Waals surface area (Å²) in [5, 5.41) is 3.39. The van der Waals surface area contributed by atoms with Crippen LogP contribution in [0.1, 0.15) is 37.5 Å². The maximum Gasteiger partial charge on any atom is 0.129 e. The zero-order chi connectivity index (χ0) is 13.0. The molecule has 1 aromatic rings. The van der Waals surface area contributed by atoms with E-state index in [1.165, 1.54) is 0 Å². The van der Waals surface area contributed by atoms with Crippen LogP contribution >= 0.6 is 0 Å². The van der Waals surface area contributed by atoms with Crippen molar-refractivity contribution in [2.45, 2.75) is 46.2 Å². The first-order valence-corrected chi connectivity index (χ1v) is 6.78. The van der Waals surface area contributed by atoms with Gasteiger partial charge in [0.15, 0.2) is 0 Å². The lowest BCUT2D eigenvalue weighted by Crippen LogP contribution is -2.23. The normalized spacial score (nSPS) is 19.7. The van der Waals surface area contributed by atoms with Crippen LogP contribution in [0.3, 0.4) is 0 Å². The molecule has 1 aliphatic rings. The molecule has 0 amide bonds. The van der Waals surface area contributed by atoms with E-state index in [0.717, 1.165) is 49.8 Å². The van der Waals surface area contributed by atoms with Crippen molar-refractivity contribution in [2.75, 3.05) is 13.2 Å². The molecule has 2 heterocycles. The second-order valence-corrected chi connectivity index (χ2v) is 5.39. The van der Waals surface area contributed by atoms with E-state index in [1.807, 2.05) is 6.92 Å². The van der Waals surface area contributed by atoms with E-state index in [4.69, 9.17) is 4.74 Å². The molecular weight excluding hydrogens is 226 g/mol. The van der Waals surface area contributed by atoms with Crippen LogP contribution < -0.4 is 5.32 Å². The van der Waals surface area contributed by atoms with Gasteiger partial charge in [0.25, 0.3) is 0 Å². The van der Waals surface area contributed by atoms with Gasteiger partial charge in [-0.3, -0.25) is 0 Å². The lowest BCUT2D eigenvalue weighted by atomic mass is 10.0. The fraction of sp³-hybridized carbons (Fsp3) is 0.714. The van der Waals surface area contributed by atoms with E-state index in [0.29, 0.717) is 12.0 Å². The summed E-state index contributed by atoms with van der Waals surface area (Å²) in [6, 6.07) is 2.54. The predicted molar refractivity (Wildman–Crippen MR) is 71.4 cm³/mol. The van der Waals surface area contributed by atoms with Gasteiger partial charge in [-0.15, -0.1) is 0 Å². The van der Waals surface area contributed by atoms with Gasteiger partial charge in [-0.1, -0.05) is 13.8 Å². The Morgan fingerprint density at radius 2 is 2.28 bits per heavy atom. The molecule has 4 heteroatoms. The minimum atomic E-state index is 0.479. The molecule has 0 radical (unpaired) electrons. The summed E-state index contributed by atoms with van der Waals surface area (Å²) in [7, 11) is 0. The first kappa shape index (κ1) is 13.4. The highest BCUT2D eigenvalue weighted by molar-refractivity contribution is 5.10. The summed E-state index contributed by atoms with van der Waals surface area (Å²) in [6.45, 7) is 8.88. The van der Waals surface area contributed by atoms with Crippen molar-refractivity contribution in [1.29, 1.82) is 0 Å². The molecule has 1 saturated heterocycles. The van der Waals surface area contributed by atoms with Crippen LogP contribution in [0.2, 0.25) is 0 Å². The molecule has 0 bridgehead atoms. The van der Waals surface area contributed by atoms with Gasteiger partial charge in [0, 0.05) is 37.9 Å². The smallest absolute Gasteiger partial charge is 0.129 e. The monoisotopic (exact) mass is 249 g/mol. The van der Waals surface area contributed by atoms with E-state index in [2.05, 4.69) is 35.2 Å². The second-order valence-electron chi connectivity index (χ2n) is 5.39. The third-order valence-electron chi connectivity index (χ3n) is 3.14. The first-order chi connectivity index (χ1) is 8.63. The van der Waals surface area contributed by atoms with E-state index >= 15 is 0 Å². The molecule has 0 saturated carbocycles. The Labute approximate surface area is 109 Å². The number of hydrogen-bond donors (Lipinski definition) is 1. The summed E-state index contributed by atoms with van der Waals surface area (Å²) >= 11 is 0. The van der Waals surface area contributed by atoms with Crippen LogP contribution in [0.4, 0.5) is 0 Å². The lowest BCUT2D eigenvalue weighted by molar-refractivity contribution is 0.185. The van der Waals surface area contributed by atoms with Crippen LogP contribution in [0.25, 0.3) is 0 Å². The van der Waals surface area contributed by atoms with Gasteiger partial charge in [0.05, 0.1) is 5.69 Å². The zero-order valence-corrected chi connectivity index (χ0v) is 11.6. The molecule has 1 atom stereocenters. The van der Waals surface area contributed by atoms with Crippen molar-refractivity contribution >= 4 is 0 Å². The van der Waals surface area contributed by atoms with Crippen LogP contribution in [0.5, 0.6) is 0 Å². The molecule has 0 aliphatic carbocycles. The van der Waals surface area contributed by atoms with Crippen LogP contribution in [-0.4, -0.2) is 29.2 Å². The molecular formula is C14H23N3O. The van der Waals surface area contributed by atoms with Crippen molar-refractivity contribution in [3.05, 3.63) is 23.3 Å². The minimum absolute atomic E-state index is 0.479. The summed E-state index contributed by atoms with van der Waals surface area (Å²) in [4.78, 5) is 9.17. The molecule has 2 rings (SSSR count). The summed E-state index contributed by atoms with van der Waals surface area (Å²) < 4.78 is 5.40. The summed E-state index contributed by atoms with van der Waals surface area (Å²) in [5.41, 5.74) is 2.14. The predicted octanol–water partition coefficient (Wildman–Crippen LogP) is 1.86. The van der Waals surface area contributed by atoms with Gasteiger partial charge in [0.1, 0.15) is 5.82 Å². The molecule has 100 valence electrons. The highest BCUT2D eigenvalue weighted by Gasteiger charge is 2.17. The maximum absolute atomic E-state index is 5.40. The Kier molecular flexibility index (Phi) is 4.66. The molecule has 1 N–H and O–H groups in total. The number of nitrogens with one attached hydrogen (secondary N) is 1. The van der Waals surface area contributed by atoms with E-state index in [9.17, 15) is 0 Å². The Morgan fingerprint density at radius 3 is 2.94 bits per heavy atom. The topological polar surface area (TPSA) is 47.0 Å². The second kappa shape index (κ2) is 6.25. The third kappa shape index (κ3) is 4.03. The van der Waals surface area contributed by atoms with E-state index < -0.39 is 0 Å². The van der Waals surface area contributed by atoms with Crippen molar-refractivity contribution < 1.29 is 4.74 Å². The Balaban J connectivity index is 2.00. The van der Waals surface area contributed by atoms with Gasteiger partial charge in [-0.2, -0.15) is 0 Å². The number of hydrogen-bond acceptors (Lipinski definition) is 4. The molecule has 1 fully saturated rings. The van der Waals surface area contributed by atoms with Gasteiger partial charge < -0.3 is 10.1 Å². The van der Waals surface area contributed by atoms with Crippen LogP contribution in [0.15, 0.2) is 6.07 Å². The SMILES string of the molecule is Cc1cc(CNC(C)C)nc(CC2CCOC2)n1. The average molecular weight is 249 g/mol. The number of nitrogens with zero attached hydrogens (tertiary/aromatic N) is 2. The molecule has 1 aliphatic heterocycles. The first-order valence-electron chi connectivity index (χ1n) is 6.78. The Bertz CT molecular complexity index is 387. The molecule has 4 nitrogen and oxygen atoms in total. The number of aromatic nitrogens is 2. The molecule has 0 spiro atoms. The molecule has 18 heavy (non-hydrogen) atoms. The number of ether oxygens (including phenoxy) is 1. The zero-order valence-electron chi connectivity index (χ0n) is 11.6. The van der Waals surface area contributed by atoms with Crippen molar-refractivity contribution in [1.82, 2.24) is 15.3 Å². The van der Waals surface area contributed by atoms with E-state index in [1.54, 1.807) is 0 Å². The quantitative estimate of drug-likeness (QED) is 0.865. The number of rotatable bonds is 5. The Hall–Kier alpha value is -1.00. The third-order valence-corrected chi connectivity index (χ3v) is 3.14. The standard InChI is InChI=1S/C14H23N3O/c1-10(2)15-8-13-6-11(3)16-14(17-13)7-12-4-5-18-9-12/h6,10,12,15H,4-5,7-9H2,1-3H3. The van der Waals surface area contributed by atoms with E-state index in [-0.39, 0.29) is 0 Å². The Morgan fingerprint density at radius 1 is 1.44 bits per heavy atom. The van der Waals surface area contributed by atoms with Gasteiger partial charge in [-0.05, 0) is 25.3 Å². The lowest BCUT2D eigenvalue weighted by Gasteiger charge is -2.11. The average Bonchev–Trinajstić information content (AvgIpc) is 2.78. The van der Waals surface area contributed by atoms with Crippen LogP contribution in [-0.2, 0) is 17.7 Å². The summed E-state index contributed by atoms with van der Waals surface area (Å²) in [6.07, 6.45) is 2.08. The molecule has 1 aromatic heterocycles. The minimum Gasteiger partial charge on any atom is -0.381 e. The summed E-state index contributed by atoms with van der Waals surface area (Å²) in [5.74, 6) is 1.56. The van der Waals surface area contributed by atoms with Crippen molar-refractivity contribution in [3.8, 4) is 0 Å². The maximum atomic E-state index is 5.40. The fourth-order valence-electron chi connectivity index (χ4n) is 2.19.